The van der Waals surface area contributed by atoms with Gasteiger partial charge in [-0.2, -0.15) is 0 Å². The van der Waals surface area contributed by atoms with Crippen LogP contribution >= 0.6 is 15.9 Å². The fraction of sp³-hybridized carbons (Fsp3) is 0.222. The first-order valence-electron chi connectivity index (χ1n) is 7.83. The van der Waals surface area contributed by atoms with E-state index in [9.17, 15) is 13.6 Å². The molecule has 1 aliphatic carbocycles. The number of aromatic nitrogens is 2. The number of nitrogens with zero attached hydrogens (tertiary/aromatic N) is 2. The summed E-state index contributed by atoms with van der Waals surface area (Å²) in [5.74, 6) is -0.863. The van der Waals surface area contributed by atoms with Crippen LogP contribution in [0.15, 0.2) is 41.1 Å². The monoisotopic (exact) mass is 405 g/mol. The Kier molecular flexibility index (Phi) is 3.83. The molecule has 0 unspecified atom stereocenters. The summed E-state index contributed by atoms with van der Waals surface area (Å²) in [6.45, 7) is 1.73. The van der Waals surface area contributed by atoms with Gasteiger partial charge in [0.15, 0.2) is 5.82 Å². The van der Waals surface area contributed by atoms with Gasteiger partial charge in [0.05, 0.1) is 5.92 Å². The standard InChI is InChI=1S/C18H14BrF2N3O/c1-9-11(3-2-4-13(9)20)10-5-6-15-22-17(16(19)24(15)8-10)23-18(25)12-7-14(12)21/h2-6,8,12,14H,7H2,1H3,(H,23,25)/t12-,14+/m1/s1. The van der Waals surface area contributed by atoms with E-state index in [-0.39, 0.29) is 18.1 Å². The van der Waals surface area contributed by atoms with Gasteiger partial charge in [-0.1, -0.05) is 12.1 Å². The number of halogens is 3. The molecule has 2 heterocycles. The minimum absolute atomic E-state index is 0.263. The van der Waals surface area contributed by atoms with Gasteiger partial charge in [-0.3, -0.25) is 9.20 Å². The maximum Gasteiger partial charge on any atom is 0.231 e. The van der Waals surface area contributed by atoms with E-state index in [0.717, 1.165) is 11.1 Å². The third-order valence-electron chi connectivity index (χ3n) is 4.43. The van der Waals surface area contributed by atoms with Crippen LogP contribution in [0.4, 0.5) is 14.6 Å². The Morgan fingerprint density at radius 1 is 1.36 bits per heavy atom. The molecule has 128 valence electrons. The number of imidazole rings is 1. The van der Waals surface area contributed by atoms with Crippen molar-refractivity contribution < 1.29 is 13.6 Å². The predicted molar refractivity (Wildman–Crippen MR) is 94.7 cm³/mol. The number of carbonyl (C=O) groups excluding carboxylic acids is 1. The zero-order valence-corrected chi connectivity index (χ0v) is 14.8. The van der Waals surface area contributed by atoms with Crippen molar-refractivity contribution in [3.63, 3.8) is 0 Å². The number of hydrogen-bond acceptors (Lipinski definition) is 2. The molecule has 1 aliphatic rings. The summed E-state index contributed by atoms with van der Waals surface area (Å²) >= 11 is 3.42. The highest BCUT2D eigenvalue weighted by atomic mass is 79.9. The Morgan fingerprint density at radius 2 is 2.12 bits per heavy atom. The Morgan fingerprint density at radius 3 is 2.84 bits per heavy atom. The van der Waals surface area contributed by atoms with Gasteiger partial charge in [0, 0.05) is 6.20 Å². The van der Waals surface area contributed by atoms with Crippen LogP contribution in [-0.4, -0.2) is 21.5 Å². The summed E-state index contributed by atoms with van der Waals surface area (Å²) < 4.78 is 29.1. The number of nitrogens with one attached hydrogen (secondary N) is 1. The topological polar surface area (TPSA) is 46.4 Å². The molecule has 0 aliphatic heterocycles. The van der Waals surface area contributed by atoms with Gasteiger partial charge in [-0.25, -0.2) is 13.8 Å². The van der Waals surface area contributed by atoms with E-state index >= 15 is 0 Å². The second-order valence-electron chi connectivity index (χ2n) is 6.16. The highest BCUT2D eigenvalue weighted by molar-refractivity contribution is 9.10. The average Bonchev–Trinajstić information content (AvgIpc) is 3.25. The first kappa shape index (κ1) is 16.2. The molecule has 7 heteroatoms. The summed E-state index contributed by atoms with van der Waals surface area (Å²) in [7, 11) is 0. The summed E-state index contributed by atoms with van der Waals surface area (Å²) in [6, 6.07) is 8.57. The lowest BCUT2D eigenvalue weighted by Crippen LogP contribution is -2.15. The maximum atomic E-state index is 13.8. The lowest BCUT2D eigenvalue weighted by molar-refractivity contribution is -0.117. The molecule has 1 N–H and O–H groups in total. The van der Waals surface area contributed by atoms with Crippen molar-refractivity contribution in [2.75, 3.05) is 5.32 Å². The predicted octanol–water partition coefficient (Wildman–Crippen LogP) is 4.51. The van der Waals surface area contributed by atoms with Crippen LogP contribution in [0.3, 0.4) is 0 Å². The Hall–Kier alpha value is -2.28. The second-order valence-corrected chi connectivity index (χ2v) is 6.91. The average molecular weight is 406 g/mol. The first-order chi connectivity index (χ1) is 12.0. The number of rotatable bonds is 3. The molecule has 3 aromatic rings. The fourth-order valence-electron chi connectivity index (χ4n) is 2.82. The van der Waals surface area contributed by atoms with Crippen LogP contribution in [-0.2, 0) is 4.79 Å². The van der Waals surface area contributed by atoms with Gasteiger partial charge in [-0.15, -0.1) is 0 Å². The van der Waals surface area contributed by atoms with Crippen molar-refractivity contribution in [3.8, 4) is 11.1 Å². The van der Waals surface area contributed by atoms with Crippen LogP contribution in [0, 0.1) is 18.7 Å². The lowest BCUT2D eigenvalue weighted by atomic mass is 10.0. The quantitative estimate of drug-likeness (QED) is 0.696. The fourth-order valence-corrected chi connectivity index (χ4v) is 3.29. The second kappa shape index (κ2) is 5.91. The zero-order valence-electron chi connectivity index (χ0n) is 13.3. The highest BCUT2D eigenvalue weighted by Crippen LogP contribution is 2.36. The van der Waals surface area contributed by atoms with E-state index in [1.807, 2.05) is 18.3 Å². The number of anilines is 1. The molecular weight excluding hydrogens is 392 g/mol. The van der Waals surface area contributed by atoms with Gasteiger partial charge in [0.2, 0.25) is 5.91 Å². The van der Waals surface area contributed by atoms with Crippen LogP contribution in [0.25, 0.3) is 16.8 Å². The molecule has 4 nitrogen and oxygen atoms in total. The Labute approximate surface area is 151 Å². The third-order valence-corrected chi connectivity index (χ3v) is 5.19. The molecule has 1 amide bonds. The van der Waals surface area contributed by atoms with Crippen molar-refractivity contribution >= 4 is 33.3 Å². The van der Waals surface area contributed by atoms with Crippen molar-refractivity contribution in [2.24, 2.45) is 5.92 Å². The molecule has 2 aromatic heterocycles. The van der Waals surface area contributed by atoms with E-state index in [1.165, 1.54) is 6.07 Å². The number of hydrogen-bond donors (Lipinski definition) is 1. The molecule has 0 bridgehead atoms. The number of amides is 1. The summed E-state index contributed by atoms with van der Waals surface area (Å²) in [5.41, 5.74) is 2.79. The van der Waals surface area contributed by atoms with Gasteiger partial charge < -0.3 is 5.32 Å². The molecule has 25 heavy (non-hydrogen) atoms. The number of carbonyl (C=O) groups is 1. The van der Waals surface area contributed by atoms with Gasteiger partial charge in [0.25, 0.3) is 0 Å². The van der Waals surface area contributed by atoms with Crippen LogP contribution in [0.1, 0.15) is 12.0 Å². The number of alkyl halides is 1. The van der Waals surface area contributed by atoms with Crippen LogP contribution < -0.4 is 5.32 Å². The van der Waals surface area contributed by atoms with E-state index in [1.54, 1.807) is 23.5 Å². The van der Waals surface area contributed by atoms with Crippen LogP contribution in [0.5, 0.6) is 0 Å². The smallest absolute Gasteiger partial charge is 0.231 e. The van der Waals surface area contributed by atoms with Gasteiger partial charge in [0.1, 0.15) is 22.2 Å². The summed E-state index contributed by atoms with van der Waals surface area (Å²) in [5, 5.41) is 2.65. The number of pyridine rings is 1. The maximum absolute atomic E-state index is 13.8. The largest absolute Gasteiger partial charge is 0.308 e. The van der Waals surface area contributed by atoms with E-state index in [2.05, 4.69) is 26.2 Å². The van der Waals surface area contributed by atoms with E-state index < -0.39 is 12.1 Å². The van der Waals surface area contributed by atoms with Crippen LogP contribution in [0.2, 0.25) is 0 Å². The summed E-state index contributed by atoms with van der Waals surface area (Å²) in [6.07, 6.45) is 1.03. The molecule has 0 spiro atoms. The minimum Gasteiger partial charge on any atom is -0.308 e. The normalized spacial score (nSPS) is 19.2. The first-order valence-corrected chi connectivity index (χ1v) is 8.63. The SMILES string of the molecule is Cc1c(F)cccc1-c1ccc2nc(NC(=O)[C@@H]3C[C@@H]3F)c(Br)n2c1. The van der Waals surface area contributed by atoms with Crippen molar-refractivity contribution in [1.29, 1.82) is 0 Å². The zero-order chi connectivity index (χ0) is 17.7. The third kappa shape index (κ3) is 2.82. The van der Waals surface area contributed by atoms with Crippen molar-refractivity contribution in [1.82, 2.24) is 9.38 Å². The minimum atomic E-state index is -1.06. The molecule has 0 saturated heterocycles. The molecule has 2 atom stereocenters. The Bertz CT molecular complexity index is 1000. The number of fused-ring (bicyclic) bond motifs is 1. The number of benzene rings is 1. The molecular formula is C18H14BrF2N3O. The van der Waals surface area contributed by atoms with E-state index in [4.69, 9.17) is 0 Å². The molecule has 0 radical (unpaired) electrons. The highest BCUT2D eigenvalue weighted by Gasteiger charge is 2.44. The van der Waals surface area contributed by atoms with Crippen molar-refractivity contribution in [3.05, 3.63) is 52.5 Å². The van der Waals surface area contributed by atoms with Gasteiger partial charge in [-0.05, 0) is 64.2 Å². The van der Waals surface area contributed by atoms with E-state index in [0.29, 0.717) is 21.6 Å². The Balaban J connectivity index is 1.72. The van der Waals surface area contributed by atoms with Gasteiger partial charge >= 0.3 is 0 Å². The molecule has 4 rings (SSSR count). The molecule has 1 aromatic carbocycles. The molecule has 1 fully saturated rings. The van der Waals surface area contributed by atoms with Crippen molar-refractivity contribution in [2.45, 2.75) is 19.5 Å². The lowest BCUT2D eigenvalue weighted by Gasteiger charge is -2.07. The summed E-state index contributed by atoms with van der Waals surface area (Å²) in [4.78, 5) is 16.3. The molecule has 1 saturated carbocycles.